The second-order valence-electron chi connectivity index (χ2n) is 3.98. The summed E-state index contributed by atoms with van der Waals surface area (Å²) in [6.45, 7) is 0.389. The molecule has 0 aliphatic carbocycles. The summed E-state index contributed by atoms with van der Waals surface area (Å²) >= 11 is 0. The largest absolute Gasteiger partial charge is 0.389 e. The van der Waals surface area contributed by atoms with Crippen molar-refractivity contribution in [3.05, 3.63) is 29.8 Å². The smallest absolute Gasteiger partial charge is 0.255 e. The molecule has 1 rings (SSSR count). The summed E-state index contributed by atoms with van der Waals surface area (Å²) in [5, 5.41) is 9.58. The Morgan fingerprint density at radius 1 is 1.56 bits per heavy atom. The first-order valence-electron chi connectivity index (χ1n) is 5.58. The third-order valence-electron chi connectivity index (χ3n) is 2.50. The van der Waals surface area contributed by atoms with Crippen molar-refractivity contribution < 1.29 is 14.6 Å². The molecule has 0 aliphatic heterocycles. The van der Waals surface area contributed by atoms with Crippen LogP contribution in [0.3, 0.4) is 0 Å². The van der Waals surface area contributed by atoms with Crippen LogP contribution in [0, 0.1) is 0 Å². The minimum absolute atomic E-state index is 0.189. The Hall–Kier alpha value is -1.63. The molecule has 1 unspecified atom stereocenters. The van der Waals surface area contributed by atoms with Crippen molar-refractivity contribution in [1.82, 2.24) is 4.90 Å². The van der Waals surface area contributed by atoms with Crippen molar-refractivity contribution in [3.8, 4) is 0 Å². The molecule has 0 saturated carbocycles. The van der Waals surface area contributed by atoms with Gasteiger partial charge in [0, 0.05) is 20.7 Å². The topological polar surface area (TPSA) is 87.8 Å². The molecular weight excluding hydrogens is 234 g/mol. The number of hydrogen-bond acceptors (Lipinski definition) is 5. The number of nitrogen functional groups attached to an aromatic ring is 1. The highest BCUT2D eigenvalue weighted by atomic mass is 16.5. The van der Waals surface area contributed by atoms with Crippen molar-refractivity contribution in [2.24, 2.45) is 5.84 Å². The Labute approximate surface area is 106 Å². The van der Waals surface area contributed by atoms with Gasteiger partial charge in [0.2, 0.25) is 0 Å². The predicted molar refractivity (Wildman–Crippen MR) is 69.1 cm³/mol. The van der Waals surface area contributed by atoms with Gasteiger partial charge in [-0.2, -0.15) is 0 Å². The minimum atomic E-state index is -0.707. The highest BCUT2D eigenvalue weighted by Gasteiger charge is 2.17. The molecule has 1 amide bonds. The van der Waals surface area contributed by atoms with Crippen LogP contribution in [0.15, 0.2) is 24.3 Å². The fourth-order valence-corrected chi connectivity index (χ4v) is 1.65. The standard InChI is InChI=1S/C12H19N3O3/c1-15(7-9(16)8-18-2)12(17)10-5-3-4-6-11(10)14-13/h3-6,9,14,16H,7-8,13H2,1-2H3. The molecule has 6 nitrogen and oxygen atoms in total. The van der Waals surface area contributed by atoms with E-state index in [1.54, 1.807) is 31.3 Å². The normalized spacial score (nSPS) is 12.0. The van der Waals surface area contributed by atoms with Crippen LogP contribution in [-0.4, -0.2) is 49.3 Å². The molecule has 0 fully saturated rings. The first kappa shape index (κ1) is 14.4. The number of nitrogens with zero attached hydrogens (tertiary/aromatic N) is 1. The van der Waals surface area contributed by atoms with Crippen molar-refractivity contribution in [2.45, 2.75) is 6.10 Å². The van der Waals surface area contributed by atoms with Crippen molar-refractivity contribution in [1.29, 1.82) is 0 Å². The maximum absolute atomic E-state index is 12.1. The average Bonchev–Trinajstić information content (AvgIpc) is 2.38. The zero-order valence-electron chi connectivity index (χ0n) is 10.6. The van der Waals surface area contributed by atoms with Gasteiger partial charge in [-0.3, -0.25) is 10.6 Å². The maximum Gasteiger partial charge on any atom is 0.255 e. The van der Waals surface area contributed by atoms with E-state index in [1.807, 2.05) is 0 Å². The quantitative estimate of drug-likeness (QED) is 0.492. The molecule has 0 spiro atoms. The second-order valence-corrected chi connectivity index (χ2v) is 3.98. The van der Waals surface area contributed by atoms with Gasteiger partial charge in [-0.25, -0.2) is 0 Å². The first-order valence-corrected chi connectivity index (χ1v) is 5.58. The van der Waals surface area contributed by atoms with Gasteiger partial charge in [0.25, 0.3) is 5.91 Å². The zero-order valence-corrected chi connectivity index (χ0v) is 10.6. The number of methoxy groups -OCH3 is 1. The first-order chi connectivity index (χ1) is 8.60. The van der Waals surface area contributed by atoms with Crippen molar-refractivity contribution in [3.63, 3.8) is 0 Å². The molecule has 1 atom stereocenters. The van der Waals surface area contributed by atoms with Crippen LogP contribution in [0.5, 0.6) is 0 Å². The highest BCUT2D eigenvalue weighted by Crippen LogP contribution is 2.15. The Morgan fingerprint density at radius 3 is 2.83 bits per heavy atom. The van der Waals surface area contributed by atoms with Gasteiger partial charge in [-0.1, -0.05) is 12.1 Å². The Kier molecular flexibility index (Phi) is 5.57. The van der Waals surface area contributed by atoms with Crippen LogP contribution in [0.4, 0.5) is 5.69 Å². The third kappa shape index (κ3) is 3.69. The van der Waals surface area contributed by atoms with Crippen LogP contribution in [0.2, 0.25) is 0 Å². The number of hydrazine groups is 1. The Bertz CT molecular complexity index is 398. The molecule has 0 bridgehead atoms. The summed E-state index contributed by atoms with van der Waals surface area (Å²) < 4.78 is 4.81. The van der Waals surface area contributed by atoms with E-state index in [0.717, 1.165) is 0 Å². The van der Waals surface area contributed by atoms with E-state index < -0.39 is 6.10 Å². The molecule has 0 aromatic heterocycles. The minimum Gasteiger partial charge on any atom is -0.389 e. The van der Waals surface area contributed by atoms with Gasteiger partial charge in [0.05, 0.1) is 24.0 Å². The van der Waals surface area contributed by atoms with Gasteiger partial charge in [0.15, 0.2) is 0 Å². The summed E-state index contributed by atoms with van der Waals surface area (Å²) in [5.41, 5.74) is 3.49. The van der Waals surface area contributed by atoms with E-state index in [9.17, 15) is 9.90 Å². The molecule has 0 aliphatic rings. The van der Waals surface area contributed by atoms with E-state index in [2.05, 4.69) is 5.43 Å². The number of rotatable bonds is 6. The maximum atomic E-state index is 12.1. The monoisotopic (exact) mass is 253 g/mol. The summed E-state index contributed by atoms with van der Waals surface area (Å²) in [4.78, 5) is 13.6. The molecule has 1 aromatic rings. The van der Waals surface area contributed by atoms with Crippen molar-refractivity contribution >= 4 is 11.6 Å². The molecule has 1 aromatic carbocycles. The number of hydrogen-bond donors (Lipinski definition) is 3. The van der Waals surface area contributed by atoms with Crippen LogP contribution in [0.1, 0.15) is 10.4 Å². The number of benzene rings is 1. The summed E-state index contributed by atoms with van der Waals surface area (Å²) in [7, 11) is 3.12. The lowest BCUT2D eigenvalue weighted by atomic mass is 10.1. The van der Waals surface area contributed by atoms with E-state index in [0.29, 0.717) is 11.3 Å². The number of ether oxygens (including phenoxy) is 1. The number of carbonyl (C=O) groups excluding carboxylic acids is 1. The number of nitrogens with two attached hydrogens (primary N) is 1. The van der Waals surface area contributed by atoms with Crippen LogP contribution in [-0.2, 0) is 4.74 Å². The summed E-state index contributed by atoms with van der Waals surface area (Å²) in [6.07, 6.45) is -0.707. The van der Waals surface area contributed by atoms with E-state index in [4.69, 9.17) is 10.6 Å². The van der Waals surface area contributed by atoms with Gasteiger partial charge < -0.3 is 20.2 Å². The summed E-state index contributed by atoms with van der Waals surface area (Å²) in [6, 6.07) is 6.93. The predicted octanol–water partition coefficient (Wildman–Crippen LogP) is 0.0515. The summed E-state index contributed by atoms with van der Waals surface area (Å²) in [5.74, 6) is 5.14. The number of likely N-dealkylation sites (N-methyl/N-ethyl adjacent to an activating group) is 1. The second kappa shape index (κ2) is 6.95. The number of aliphatic hydroxyl groups excluding tert-OH is 1. The molecule has 0 saturated heterocycles. The number of carbonyl (C=O) groups is 1. The van der Waals surface area contributed by atoms with Crippen LogP contribution in [0.25, 0.3) is 0 Å². The van der Waals surface area contributed by atoms with Crippen molar-refractivity contribution in [2.75, 3.05) is 32.7 Å². The third-order valence-corrected chi connectivity index (χ3v) is 2.50. The van der Waals surface area contributed by atoms with E-state index >= 15 is 0 Å². The highest BCUT2D eigenvalue weighted by molar-refractivity contribution is 5.99. The number of amides is 1. The Morgan fingerprint density at radius 2 is 2.22 bits per heavy atom. The molecule has 0 heterocycles. The zero-order chi connectivity index (χ0) is 13.5. The molecular formula is C12H19N3O3. The molecule has 6 heteroatoms. The fourth-order valence-electron chi connectivity index (χ4n) is 1.65. The van der Waals surface area contributed by atoms with Gasteiger partial charge in [-0.15, -0.1) is 0 Å². The number of nitrogens with one attached hydrogen (secondary N) is 1. The van der Waals surface area contributed by atoms with Gasteiger partial charge in [-0.05, 0) is 12.1 Å². The van der Waals surface area contributed by atoms with E-state index in [-0.39, 0.29) is 19.1 Å². The lowest BCUT2D eigenvalue weighted by Crippen LogP contribution is -2.36. The van der Waals surface area contributed by atoms with Crippen LogP contribution < -0.4 is 11.3 Å². The van der Waals surface area contributed by atoms with Crippen LogP contribution >= 0.6 is 0 Å². The Balaban J connectivity index is 2.74. The van der Waals surface area contributed by atoms with E-state index in [1.165, 1.54) is 12.0 Å². The number of anilines is 1. The average molecular weight is 253 g/mol. The van der Waals surface area contributed by atoms with Gasteiger partial charge in [0.1, 0.15) is 0 Å². The lowest BCUT2D eigenvalue weighted by molar-refractivity contribution is 0.0380. The molecule has 0 radical (unpaired) electrons. The molecule has 4 N–H and O–H groups in total. The molecule has 100 valence electrons. The molecule has 18 heavy (non-hydrogen) atoms. The number of para-hydroxylation sites is 1. The van der Waals surface area contributed by atoms with Gasteiger partial charge >= 0.3 is 0 Å². The fraction of sp³-hybridized carbons (Fsp3) is 0.417. The SMILES string of the molecule is COCC(O)CN(C)C(=O)c1ccccc1NN. The number of aliphatic hydroxyl groups is 1. The lowest BCUT2D eigenvalue weighted by Gasteiger charge is -2.21.